The Labute approximate surface area is 189 Å². The zero-order valence-corrected chi connectivity index (χ0v) is 18.6. The first-order valence-electron chi connectivity index (χ1n) is 11.1. The van der Waals surface area contributed by atoms with Crippen molar-refractivity contribution in [3.05, 3.63) is 84.3 Å². The first kappa shape index (κ1) is 20.4. The van der Waals surface area contributed by atoms with Crippen LogP contribution in [0.4, 0.5) is 17.3 Å². The van der Waals surface area contributed by atoms with Gasteiger partial charge < -0.3 is 10.2 Å². The molecule has 0 amide bonds. The predicted octanol–water partition coefficient (Wildman–Crippen LogP) is 5.17. The first-order chi connectivity index (χ1) is 15.7. The molecule has 0 aliphatic carbocycles. The van der Waals surface area contributed by atoms with Crippen LogP contribution in [0, 0.1) is 0 Å². The summed E-state index contributed by atoms with van der Waals surface area (Å²) in [7, 11) is 4.13. The number of anilines is 3. The molecule has 162 valence electrons. The van der Waals surface area contributed by atoms with Gasteiger partial charge in [0.05, 0.1) is 29.1 Å². The number of nitrogens with zero attached hydrogens (tertiary/aromatic N) is 5. The molecule has 0 bridgehead atoms. The van der Waals surface area contributed by atoms with Crippen LogP contribution in [-0.2, 0) is 6.54 Å². The molecule has 1 unspecified atom stereocenters. The molecule has 3 aromatic heterocycles. The van der Waals surface area contributed by atoms with Crippen LogP contribution in [0.3, 0.4) is 0 Å². The van der Waals surface area contributed by atoms with Crippen molar-refractivity contribution in [2.75, 3.05) is 30.9 Å². The Morgan fingerprint density at radius 1 is 1.03 bits per heavy atom. The lowest BCUT2D eigenvalue weighted by atomic mass is 10.1. The second-order valence-electron chi connectivity index (χ2n) is 8.50. The van der Waals surface area contributed by atoms with Gasteiger partial charge in [-0.25, -0.2) is 9.97 Å². The maximum absolute atomic E-state index is 4.94. The van der Waals surface area contributed by atoms with Crippen LogP contribution >= 0.6 is 0 Å². The fraction of sp³-hybridized carbons (Fsp3) is 0.269. The third kappa shape index (κ3) is 4.27. The van der Waals surface area contributed by atoms with E-state index in [-0.39, 0.29) is 0 Å². The van der Waals surface area contributed by atoms with Gasteiger partial charge in [0.1, 0.15) is 11.6 Å². The molecule has 1 aliphatic heterocycles. The molecule has 1 atom stereocenters. The summed E-state index contributed by atoms with van der Waals surface area (Å²) in [6, 6.07) is 21.0. The molecular weight excluding hydrogens is 396 g/mol. The Balaban J connectivity index is 1.37. The van der Waals surface area contributed by atoms with E-state index in [4.69, 9.17) is 9.97 Å². The Kier molecular flexibility index (Phi) is 5.69. The van der Waals surface area contributed by atoms with Crippen LogP contribution in [0.2, 0.25) is 0 Å². The van der Waals surface area contributed by atoms with Gasteiger partial charge in [-0.1, -0.05) is 24.3 Å². The van der Waals surface area contributed by atoms with Crippen LogP contribution in [0.5, 0.6) is 0 Å². The average molecular weight is 425 g/mol. The van der Waals surface area contributed by atoms with Crippen molar-refractivity contribution in [1.82, 2.24) is 19.9 Å². The van der Waals surface area contributed by atoms with Gasteiger partial charge in [0.25, 0.3) is 0 Å². The normalized spacial score (nSPS) is 16.4. The van der Waals surface area contributed by atoms with Crippen LogP contribution in [0.1, 0.15) is 30.1 Å². The Bertz CT molecular complexity index is 1190. The minimum absolute atomic E-state index is 0.320. The van der Waals surface area contributed by atoms with Crippen molar-refractivity contribution in [1.29, 1.82) is 0 Å². The maximum atomic E-state index is 4.94. The number of pyridine rings is 3. The summed E-state index contributed by atoms with van der Waals surface area (Å²) in [5.74, 6) is 1.86. The van der Waals surface area contributed by atoms with Crippen molar-refractivity contribution in [3.63, 3.8) is 0 Å². The highest BCUT2D eigenvalue weighted by atomic mass is 15.2. The first-order valence-corrected chi connectivity index (χ1v) is 11.1. The smallest absolute Gasteiger partial charge is 0.133 e. The number of rotatable bonds is 6. The van der Waals surface area contributed by atoms with Gasteiger partial charge in [0, 0.05) is 37.8 Å². The Hall–Kier alpha value is -3.51. The van der Waals surface area contributed by atoms with E-state index in [1.54, 1.807) is 6.20 Å². The van der Waals surface area contributed by atoms with Crippen LogP contribution in [0.25, 0.3) is 10.9 Å². The third-order valence-electron chi connectivity index (χ3n) is 6.01. The number of nitrogens with one attached hydrogen (secondary N) is 1. The van der Waals surface area contributed by atoms with Crippen molar-refractivity contribution in [2.24, 2.45) is 0 Å². The minimum Gasteiger partial charge on any atom is -0.362 e. The maximum Gasteiger partial charge on any atom is 0.133 e. The van der Waals surface area contributed by atoms with E-state index in [1.807, 2.05) is 30.5 Å². The predicted molar refractivity (Wildman–Crippen MR) is 130 cm³/mol. The molecule has 0 radical (unpaired) electrons. The molecule has 0 spiro atoms. The van der Waals surface area contributed by atoms with E-state index in [9.17, 15) is 0 Å². The van der Waals surface area contributed by atoms with Crippen LogP contribution < -0.4 is 10.2 Å². The molecule has 1 aliphatic rings. The van der Waals surface area contributed by atoms with Crippen molar-refractivity contribution in [2.45, 2.75) is 25.4 Å². The fourth-order valence-corrected chi connectivity index (χ4v) is 4.48. The van der Waals surface area contributed by atoms with E-state index in [0.29, 0.717) is 6.04 Å². The van der Waals surface area contributed by atoms with E-state index < -0.39 is 0 Å². The monoisotopic (exact) mass is 424 g/mol. The molecule has 1 saturated heterocycles. The molecule has 1 fully saturated rings. The number of benzene rings is 1. The molecule has 0 saturated carbocycles. The highest BCUT2D eigenvalue weighted by molar-refractivity contribution is 5.81. The molecule has 1 aromatic carbocycles. The molecular formula is C26H28N6. The molecule has 6 heteroatoms. The second-order valence-corrected chi connectivity index (χ2v) is 8.50. The zero-order chi connectivity index (χ0) is 21.9. The van der Waals surface area contributed by atoms with E-state index in [0.717, 1.165) is 48.0 Å². The highest BCUT2D eigenvalue weighted by Crippen LogP contribution is 2.34. The quantitative estimate of drug-likeness (QED) is 0.461. The summed E-state index contributed by atoms with van der Waals surface area (Å²) in [5.41, 5.74) is 4.37. The number of hydrogen-bond acceptors (Lipinski definition) is 6. The number of aromatic nitrogens is 3. The lowest BCUT2D eigenvalue weighted by Gasteiger charge is -2.26. The molecule has 6 nitrogen and oxygen atoms in total. The third-order valence-corrected chi connectivity index (χ3v) is 6.01. The summed E-state index contributed by atoms with van der Waals surface area (Å²) >= 11 is 0. The van der Waals surface area contributed by atoms with Gasteiger partial charge in [-0.05, 0) is 55.8 Å². The lowest BCUT2D eigenvalue weighted by Crippen LogP contribution is -2.25. The number of likely N-dealkylation sites (tertiary alicyclic amines) is 1. The van der Waals surface area contributed by atoms with Gasteiger partial charge in [0.15, 0.2) is 0 Å². The number of hydrogen-bond donors (Lipinski definition) is 1. The SMILES string of the molecule is CN(C)c1nc2ccccc2cc1CN1CCCC1c1ccc(Nc2ccccn2)cn1. The molecule has 1 N–H and O–H groups in total. The summed E-state index contributed by atoms with van der Waals surface area (Å²) in [5, 5.41) is 4.50. The summed E-state index contributed by atoms with van der Waals surface area (Å²) in [6.07, 6.45) is 5.99. The topological polar surface area (TPSA) is 57.2 Å². The molecule has 32 heavy (non-hydrogen) atoms. The average Bonchev–Trinajstić information content (AvgIpc) is 3.28. The van der Waals surface area contributed by atoms with Gasteiger partial charge in [-0.3, -0.25) is 9.88 Å². The van der Waals surface area contributed by atoms with Gasteiger partial charge >= 0.3 is 0 Å². The van der Waals surface area contributed by atoms with Gasteiger partial charge in [-0.15, -0.1) is 0 Å². The van der Waals surface area contributed by atoms with Gasteiger partial charge in [-0.2, -0.15) is 0 Å². The molecule has 4 aromatic rings. The zero-order valence-electron chi connectivity index (χ0n) is 18.6. The van der Waals surface area contributed by atoms with Crippen LogP contribution in [-0.4, -0.2) is 40.5 Å². The number of fused-ring (bicyclic) bond motifs is 1. The fourth-order valence-electron chi connectivity index (χ4n) is 4.48. The van der Waals surface area contributed by atoms with Crippen LogP contribution in [0.15, 0.2) is 73.1 Å². The standard InChI is InChI=1S/C26H28N6/c1-31(2)26-20(16-19-8-3-4-9-22(19)30-26)18-32-15-7-10-24(32)23-13-12-21(17-28-23)29-25-11-5-6-14-27-25/h3-6,8-9,11-14,16-17,24H,7,10,15,18H2,1-2H3,(H,27,29). The van der Waals surface area contributed by atoms with E-state index >= 15 is 0 Å². The highest BCUT2D eigenvalue weighted by Gasteiger charge is 2.28. The van der Waals surface area contributed by atoms with Gasteiger partial charge in [0.2, 0.25) is 0 Å². The van der Waals surface area contributed by atoms with Crippen molar-refractivity contribution < 1.29 is 0 Å². The largest absolute Gasteiger partial charge is 0.362 e. The summed E-state index contributed by atoms with van der Waals surface area (Å²) < 4.78 is 0. The van der Waals surface area contributed by atoms with Crippen molar-refractivity contribution >= 4 is 28.2 Å². The lowest BCUT2D eigenvalue weighted by molar-refractivity contribution is 0.244. The molecule has 4 heterocycles. The summed E-state index contributed by atoms with van der Waals surface area (Å²) in [4.78, 5) is 18.7. The Morgan fingerprint density at radius 3 is 2.69 bits per heavy atom. The number of para-hydroxylation sites is 1. The van der Waals surface area contributed by atoms with E-state index in [1.165, 1.54) is 17.4 Å². The summed E-state index contributed by atoms with van der Waals surface area (Å²) in [6.45, 7) is 1.94. The van der Waals surface area contributed by atoms with Crippen molar-refractivity contribution in [3.8, 4) is 0 Å². The van der Waals surface area contributed by atoms with E-state index in [2.05, 4.69) is 70.6 Å². The minimum atomic E-state index is 0.320. The Morgan fingerprint density at radius 2 is 1.91 bits per heavy atom. The second kappa shape index (κ2) is 8.93. The molecule has 5 rings (SSSR count).